The Hall–Kier alpha value is -3.84. The van der Waals surface area contributed by atoms with Gasteiger partial charge in [-0.25, -0.2) is 4.52 Å². The first kappa shape index (κ1) is 23.9. The molecule has 1 amide bonds. The molecule has 9 nitrogen and oxygen atoms in total. The summed E-state index contributed by atoms with van der Waals surface area (Å²) in [5.41, 5.74) is 4.85. The van der Waals surface area contributed by atoms with E-state index in [9.17, 15) is 4.79 Å². The van der Waals surface area contributed by atoms with Crippen LogP contribution in [0.3, 0.4) is 0 Å². The third-order valence-electron chi connectivity index (χ3n) is 6.39. The van der Waals surface area contributed by atoms with E-state index in [0.29, 0.717) is 11.5 Å². The molecule has 0 saturated heterocycles. The first-order chi connectivity index (χ1) is 17.4. The summed E-state index contributed by atoms with van der Waals surface area (Å²) in [6.45, 7) is 5.77. The van der Waals surface area contributed by atoms with Crippen molar-refractivity contribution in [3.8, 4) is 28.0 Å². The van der Waals surface area contributed by atoms with Gasteiger partial charge < -0.3 is 10.6 Å². The quantitative estimate of drug-likeness (QED) is 0.391. The Morgan fingerprint density at radius 3 is 2.69 bits per heavy atom. The van der Waals surface area contributed by atoms with Crippen molar-refractivity contribution >= 4 is 28.4 Å². The van der Waals surface area contributed by atoms with Crippen molar-refractivity contribution in [2.45, 2.75) is 64.5 Å². The van der Waals surface area contributed by atoms with Crippen molar-refractivity contribution in [3.63, 3.8) is 0 Å². The number of anilines is 1. The van der Waals surface area contributed by atoms with Crippen LogP contribution in [0.25, 0.3) is 27.5 Å². The molecule has 0 spiro atoms. The van der Waals surface area contributed by atoms with Crippen molar-refractivity contribution in [1.82, 2.24) is 30.1 Å². The minimum Gasteiger partial charge on any atom is -0.382 e. The van der Waals surface area contributed by atoms with Crippen LogP contribution >= 0.6 is 11.3 Å². The Balaban J connectivity index is 1.42. The number of carbonyl (C=O) groups is 1. The van der Waals surface area contributed by atoms with Gasteiger partial charge in [0.1, 0.15) is 11.1 Å². The van der Waals surface area contributed by atoms with E-state index in [1.807, 2.05) is 30.5 Å². The Kier molecular flexibility index (Phi) is 6.65. The monoisotopic (exact) mass is 500 g/mol. The highest BCUT2D eigenvalue weighted by molar-refractivity contribution is 7.14. The van der Waals surface area contributed by atoms with E-state index in [1.165, 1.54) is 0 Å². The zero-order valence-corrected chi connectivity index (χ0v) is 21.3. The summed E-state index contributed by atoms with van der Waals surface area (Å²) >= 11 is 1.62. The third-order valence-corrected chi connectivity index (χ3v) is 7.51. The number of pyridine rings is 1. The summed E-state index contributed by atoms with van der Waals surface area (Å²) in [6.07, 6.45) is 7.33. The molecule has 10 heteroatoms. The number of nitrogens with one attached hydrogen (secondary N) is 2. The molecular formula is C26H28N8OS. The van der Waals surface area contributed by atoms with Gasteiger partial charge in [0, 0.05) is 36.8 Å². The third kappa shape index (κ3) is 4.93. The summed E-state index contributed by atoms with van der Waals surface area (Å²) in [5.74, 6) is 0.403. The van der Waals surface area contributed by atoms with Gasteiger partial charge in [0.05, 0.1) is 34.2 Å². The molecule has 1 aliphatic rings. The Morgan fingerprint density at radius 2 is 1.97 bits per heavy atom. The van der Waals surface area contributed by atoms with Crippen molar-refractivity contribution in [1.29, 1.82) is 5.26 Å². The van der Waals surface area contributed by atoms with E-state index in [0.717, 1.165) is 63.9 Å². The first-order valence-corrected chi connectivity index (χ1v) is 13.0. The number of rotatable bonds is 6. The molecule has 4 aromatic rings. The predicted octanol–water partition coefficient (Wildman–Crippen LogP) is 4.77. The van der Waals surface area contributed by atoms with Crippen LogP contribution in [0.4, 0.5) is 5.69 Å². The van der Waals surface area contributed by atoms with Gasteiger partial charge in [-0.15, -0.1) is 10.2 Å². The van der Waals surface area contributed by atoms with Crippen molar-refractivity contribution < 1.29 is 4.79 Å². The lowest BCUT2D eigenvalue weighted by Gasteiger charge is -2.27. The fraction of sp³-hybridized carbons (Fsp3) is 0.385. The van der Waals surface area contributed by atoms with E-state index < -0.39 is 0 Å². The maximum absolute atomic E-state index is 11.4. The van der Waals surface area contributed by atoms with Gasteiger partial charge in [-0.05, 0) is 63.8 Å². The summed E-state index contributed by atoms with van der Waals surface area (Å²) < 4.78 is 1.79. The highest BCUT2D eigenvalue weighted by Gasteiger charge is 2.26. The molecule has 184 valence electrons. The first-order valence-electron chi connectivity index (χ1n) is 12.2. The molecule has 36 heavy (non-hydrogen) atoms. The second-order valence-electron chi connectivity index (χ2n) is 9.52. The van der Waals surface area contributed by atoms with Crippen LogP contribution in [0, 0.1) is 11.3 Å². The van der Waals surface area contributed by atoms with Crippen LogP contribution < -0.4 is 10.6 Å². The summed E-state index contributed by atoms with van der Waals surface area (Å²) in [7, 11) is 0. The van der Waals surface area contributed by atoms with E-state index >= 15 is 0 Å². The lowest BCUT2D eigenvalue weighted by Crippen LogP contribution is -2.35. The number of aromatic nitrogens is 5. The van der Waals surface area contributed by atoms with Gasteiger partial charge in [-0.1, -0.05) is 11.3 Å². The van der Waals surface area contributed by atoms with E-state index in [4.69, 9.17) is 10.2 Å². The number of fused-ring (bicyclic) bond motifs is 1. The highest BCUT2D eigenvalue weighted by Crippen LogP contribution is 2.39. The van der Waals surface area contributed by atoms with Gasteiger partial charge in [0.2, 0.25) is 5.91 Å². The second kappa shape index (κ2) is 10.0. The van der Waals surface area contributed by atoms with Gasteiger partial charge in [-0.2, -0.15) is 10.4 Å². The molecule has 0 radical (unpaired) electrons. The van der Waals surface area contributed by atoms with Crippen molar-refractivity contribution in [2.24, 2.45) is 0 Å². The van der Waals surface area contributed by atoms with Crippen LogP contribution in [0.2, 0.25) is 0 Å². The molecule has 1 aliphatic carbocycles. The number of hydrogen-bond acceptors (Lipinski definition) is 8. The lowest BCUT2D eigenvalue weighted by molar-refractivity contribution is -0.119. The number of amides is 1. The van der Waals surface area contributed by atoms with Crippen LogP contribution in [-0.2, 0) is 4.79 Å². The zero-order valence-electron chi connectivity index (χ0n) is 20.5. The number of hydrogen-bond donors (Lipinski definition) is 2. The summed E-state index contributed by atoms with van der Waals surface area (Å²) in [5, 5.41) is 31.1. The smallest absolute Gasteiger partial charge is 0.217 e. The zero-order chi connectivity index (χ0) is 25.2. The molecule has 4 aromatic heterocycles. The fourth-order valence-electron chi connectivity index (χ4n) is 4.73. The van der Waals surface area contributed by atoms with Crippen LogP contribution in [-0.4, -0.2) is 42.8 Å². The molecule has 0 aromatic carbocycles. The topological polar surface area (TPSA) is 121 Å². The molecule has 0 bridgehead atoms. The predicted molar refractivity (Wildman–Crippen MR) is 140 cm³/mol. The molecule has 5 rings (SSSR count). The van der Waals surface area contributed by atoms with Gasteiger partial charge in [0.25, 0.3) is 0 Å². The van der Waals surface area contributed by atoms with Crippen molar-refractivity contribution in [2.75, 3.05) is 5.32 Å². The maximum Gasteiger partial charge on any atom is 0.217 e. The number of nitrogens with zero attached hydrogens (tertiary/aromatic N) is 6. The van der Waals surface area contributed by atoms with Crippen molar-refractivity contribution in [3.05, 3.63) is 47.2 Å². The van der Waals surface area contributed by atoms with E-state index in [-0.39, 0.29) is 18.0 Å². The molecular weight excluding hydrogens is 472 g/mol. The SMILES string of the molecule is CC(=O)N[C@H]1CC[C@H](c2nnc(-c3cnc(-c4ccc5cc(C#N)cnn45)cc3NC(C)C)s2)CC1. The Bertz CT molecular complexity index is 1440. The lowest BCUT2D eigenvalue weighted by atomic mass is 9.86. The maximum atomic E-state index is 11.4. The van der Waals surface area contributed by atoms with Gasteiger partial charge in [-0.3, -0.25) is 9.78 Å². The van der Waals surface area contributed by atoms with Crippen LogP contribution in [0.1, 0.15) is 62.9 Å². The van der Waals surface area contributed by atoms with Gasteiger partial charge in [0.15, 0.2) is 5.01 Å². The number of carbonyl (C=O) groups excluding carboxylic acids is 1. The Labute approximate surface area is 213 Å². The molecule has 1 fully saturated rings. The normalized spacial score (nSPS) is 17.8. The summed E-state index contributed by atoms with van der Waals surface area (Å²) in [6, 6.07) is 10.3. The molecule has 0 unspecified atom stereocenters. The minimum absolute atomic E-state index is 0.0358. The Morgan fingerprint density at radius 1 is 1.17 bits per heavy atom. The van der Waals surface area contributed by atoms with Crippen LogP contribution in [0.5, 0.6) is 0 Å². The fourth-order valence-corrected chi connectivity index (χ4v) is 5.77. The average molecular weight is 501 g/mol. The standard InChI is InChI=1S/C26H28N8OS/c1-15(2)30-22-11-23(24-9-8-20-10-17(12-27)13-29-34(20)24)28-14-21(22)26-33-32-25(36-26)18-4-6-19(7-5-18)31-16(3)35/h8-11,13-15,18-19H,4-7H2,1-3H3,(H,28,30)(H,31,35)/t18-,19-. The van der Waals surface area contributed by atoms with Crippen LogP contribution in [0.15, 0.2) is 36.7 Å². The number of nitriles is 1. The minimum atomic E-state index is 0.0358. The van der Waals surface area contributed by atoms with E-state index in [1.54, 1.807) is 29.0 Å². The highest BCUT2D eigenvalue weighted by atomic mass is 32.1. The largest absolute Gasteiger partial charge is 0.382 e. The molecule has 4 heterocycles. The second-order valence-corrected chi connectivity index (χ2v) is 10.5. The molecule has 0 aliphatic heterocycles. The summed E-state index contributed by atoms with van der Waals surface area (Å²) in [4.78, 5) is 16.1. The van der Waals surface area contributed by atoms with E-state index in [2.05, 4.69) is 45.8 Å². The average Bonchev–Trinajstić information content (AvgIpc) is 3.51. The van der Waals surface area contributed by atoms with Gasteiger partial charge >= 0.3 is 0 Å². The molecule has 0 atom stereocenters. The molecule has 2 N–H and O–H groups in total. The molecule has 1 saturated carbocycles.